The van der Waals surface area contributed by atoms with Gasteiger partial charge in [-0.25, -0.2) is 0 Å². The molecule has 0 aliphatic rings. The molecule has 1 N–H and O–H groups in total. The fraction of sp³-hybridized carbons (Fsp3) is 0.263. The molecule has 120 valence electrons. The number of nitrogens with zero attached hydrogens (tertiary/aromatic N) is 1. The van der Waals surface area contributed by atoms with Crippen molar-refractivity contribution in [1.82, 2.24) is 0 Å². The van der Waals surface area contributed by atoms with Gasteiger partial charge in [0.15, 0.2) is 0 Å². The molecule has 0 fully saturated rings. The molecule has 4 nitrogen and oxygen atoms in total. The monoisotopic (exact) mass is 310 g/mol. The minimum absolute atomic E-state index is 0.0993. The van der Waals surface area contributed by atoms with Crippen molar-refractivity contribution in [3.05, 3.63) is 65.2 Å². The highest BCUT2D eigenvalue weighted by Crippen LogP contribution is 2.23. The highest BCUT2D eigenvalue weighted by molar-refractivity contribution is 6.04. The molecule has 0 aliphatic heterocycles. The van der Waals surface area contributed by atoms with Crippen LogP contribution in [-0.4, -0.2) is 19.2 Å². The van der Waals surface area contributed by atoms with Crippen LogP contribution in [0.25, 0.3) is 0 Å². The van der Waals surface area contributed by atoms with Crippen LogP contribution in [0.4, 0.5) is 5.69 Å². The zero-order valence-electron chi connectivity index (χ0n) is 14.0. The average Bonchev–Trinajstić information content (AvgIpc) is 2.53. The van der Waals surface area contributed by atoms with Crippen LogP contribution in [0.15, 0.2) is 53.7 Å². The van der Waals surface area contributed by atoms with E-state index >= 15 is 0 Å². The van der Waals surface area contributed by atoms with Gasteiger partial charge in [0.05, 0.1) is 6.21 Å². The highest BCUT2D eigenvalue weighted by atomic mass is 16.6. The topological polar surface area (TPSA) is 50.7 Å². The van der Waals surface area contributed by atoms with Gasteiger partial charge in [-0.15, -0.1) is 0 Å². The maximum Gasteiger partial charge on any atom is 0.255 e. The Morgan fingerprint density at radius 2 is 1.65 bits per heavy atom. The van der Waals surface area contributed by atoms with E-state index in [1.807, 2.05) is 36.4 Å². The van der Waals surface area contributed by atoms with Crippen LogP contribution in [0.2, 0.25) is 0 Å². The second-order valence-electron chi connectivity index (χ2n) is 6.32. The molecular formula is C19H22N2O2. The molecule has 4 heteroatoms. The standard InChI is InChI=1S/C19H22N2O2/c1-19(2,3)16-9-11-17(12-10-16)21-18(22)15-7-5-14(6-8-15)13-20-23-4/h5-13H,1-4H3,(H,21,22)/b20-13+. The molecule has 0 atom stereocenters. The molecule has 0 saturated carbocycles. The van der Waals surface area contributed by atoms with Gasteiger partial charge >= 0.3 is 0 Å². The molecule has 2 rings (SSSR count). The summed E-state index contributed by atoms with van der Waals surface area (Å²) in [6, 6.07) is 15.1. The molecule has 2 aromatic carbocycles. The first-order valence-electron chi connectivity index (χ1n) is 7.48. The lowest BCUT2D eigenvalue weighted by atomic mass is 9.87. The Morgan fingerprint density at radius 3 is 2.17 bits per heavy atom. The summed E-state index contributed by atoms with van der Waals surface area (Å²) in [6.07, 6.45) is 1.59. The van der Waals surface area contributed by atoms with Crippen molar-refractivity contribution in [2.24, 2.45) is 5.16 Å². The van der Waals surface area contributed by atoms with Crippen LogP contribution >= 0.6 is 0 Å². The Balaban J connectivity index is 2.05. The van der Waals surface area contributed by atoms with E-state index in [1.54, 1.807) is 18.3 Å². The number of amides is 1. The summed E-state index contributed by atoms with van der Waals surface area (Å²) in [6.45, 7) is 6.49. The molecular weight excluding hydrogens is 288 g/mol. The van der Waals surface area contributed by atoms with Crippen LogP contribution in [0, 0.1) is 0 Å². The Labute approximate surface area is 137 Å². The molecule has 0 aliphatic carbocycles. The third-order valence-electron chi connectivity index (χ3n) is 3.49. The van der Waals surface area contributed by atoms with Crippen molar-refractivity contribution in [2.75, 3.05) is 12.4 Å². The van der Waals surface area contributed by atoms with Crippen LogP contribution in [0.1, 0.15) is 42.3 Å². The second-order valence-corrected chi connectivity index (χ2v) is 6.32. The molecule has 0 spiro atoms. The SMILES string of the molecule is CO/N=C/c1ccc(C(=O)Nc2ccc(C(C)(C)C)cc2)cc1. The van der Waals surface area contributed by atoms with E-state index in [2.05, 4.69) is 36.1 Å². The number of oxime groups is 1. The van der Waals surface area contributed by atoms with Crippen LogP contribution < -0.4 is 5.32 Å². The Bertz CT molecular complexity index is 681. The third-order valence-corrected chi connectivity index (χ3v) is 3.49. The van der Waals surface area contributed by atoms with E-state index in [0.29, 0.717) is 5.56 Å². The fourth-order valence-electron chi connectivity index (χ4n) is 2.09. The molecule has 2 aromatic rings. The maximum absolute atomic E-state index is 12.3. The van der Waals surface area contributed by atoms with Crippen LogP contribution in [-0.2, 0) is 10.3 Å². The zero-order chi connectivity index (χ0) is 16.9. The minimum atomic E-state index is -0.135. The summed E-state index contributed by atoms with van der Waals surface area (Å²) in [4.78, 5) is 16.9. The highest BCUT2D eigenvalue weighted by Gasteiger charge is 2.13. The summed E-state index contributed by atoms with van der Waals surface area (Å²) in [5.41, 5.74) is 3.59. The third kappa shape index (κ3) is 4.68. The van der Waals surface area contributed by atoms with E-state index in [4.69, 9.17) is 0 Å². The predicted octanol–water partition coefficient (Wildman–Crippen LogP) is 4.22. The molecule has 0 saturated heterocycles. The Morgan fingerprint density at radius 1 is 1.04 bits per heavy atom. The van der Waals surface area contributed by atoms with Crippen molar-refractivity contribution >= 4 is 17.8 Å². The van der Waals surface area contributed by atoms with E-state index in [1.165, 1.54) is 12.7 Å². The molecule has 0 bridgehead atoms. The Kier molecular flexibility index (Phi) is 5.16. The number of nitrogens with one attached hydrogen (secondary N) is 1. The number of rotatable bonds is 4. The van der Waals surface area contributed by atoms with Gasteiger partial charge in [-0.3, -0.25) is 4.79 Å². The van der Waals surface area contributed by atoms with Gasteiger partial charge in [-0.05, 0) is 40.8 Å². The lowest BCUT2D eigenvalue weighted by Gasteiger charge is -2.19. The fourth-order valence-corrected chi connectivity index (χ4v) is 2.09. The first kappa shape index (κ1) is 16.7. The number of carbonyl (C=O) groups is 1. The molecule has 0 unspecified atom stereocenters. The number of carbonyl (C=O) groups excluding carboxylic acids is 1. The minimum Gasteiger partial charge on any atom is -0.399 e. The second kappa shape index (κ2) is 7.09. The molecule has 1 amide bonds. The van der Waals surface area contributed by atoms with Gasteiger partial charge in [-0.2, -0.15) is 0 Å². The number of anilines is 1. The van der Waals surface area contributed by atoms with Gasteiger partial charge in [0.2, 0.25) is 0 Å². The van der Waals surface area contributed by atoms with Gasteiger partial charge in [-0.1, -0.05) is 50.2 Å². The summed E-state index contributed by atoms with van der Waals surface area (Å²) >= 11 is 0. The van der Waals surface area contributed by atoms with E-state index in [-0.39, 0.29) is 11.3 Å². The van der Waals surface area contributed by atoms with Gasteiger partial charge < -0.3 is 10.2 Å². The largest absolute Gasteiger partial charge is 0.399 e. The number of benzene rings is 2. The lowest BCUT2D eigenvalue weighted by Crippen LogP contribution is -2.13. The quantitative estimate of drug-likeness (QED) is 0.679. The van der Waals surface area contributed by atoms with Crippen molar-refractivity contribution in [1.29, 1.82) is 0 Å². The summed E-state index contributed by atoms with van der Waals surface area (Å²) < 4.78 is 0. The summed E-state index contributed by atoms with van der Waals surface area (Å²) in [7, 11) is 1.49. The van der Waals surface area contributed by atoms with Crippen molar-refractivity contribution in [2.45, 2.75) is 26.2 Å². The molecule has 0 heterocycles. The maximum atomic E-state index is 12.3. The number of hydrogen-bond donors (Lipinski definition) is 1. The summed E-state index contributed by atoms with van der Waals surface area (Å²) in [5.74, 6) is -0.135. The van der Waals surface area contributed by atoms with E-state index in [9.17, 15) is 4.79 Å². The van der Waals surface area contributed by atoms with Crippen LogP contribution in [0.5, 0.6) is 0 Å². The Hall–Kier alpha value is -2.62. The lowest BCUT2D eigenvalue weighted by molar-refractivity contribution is 0.102. The van der Waals surface area contributed by atoms with E-state index < -0.39 is 0 Å². The van der Waals surface area contributed by atoms with Crippen molar-refractivity contribution in [3.63, 3.8) is 0 Å². The van der Waals surface area contributed by atoms with Gasteiger partial charge in [0.25, 0.3) is 5.91 Å². The molecule has 0 aromatic heterocycles. The van der Waals surface area contributed by atoms with E-state index in [0.717, 1.165) is 11.3 Å². The summed E-state index contributed by atoms with van der Waals surface area (Å²) in [5, 5.41) is 6.59. The molecule has 0 radical (unpaired) electrons. The molecule has 23 heavy (non-hydrogen) atoms. The normalized spacial score (nSPS) is 11.5. The van der Waals surface area contributed by atoms with Crippen LogP contribution in [0.3, 0.4) is 0 Å². The zero-order valence-corrected chi connectivity index (χ0v) is 14.0. The van der Waals surface area contributed by atoms with Gasteiger partial charge in [0, 0.05) is 11.3 Å². The smallest absolute Gasteiger partial charge is 0.255 e. The van der Waals surface area contributed by atoms with Crippen molar-refractivity contribution < 1.29 is 9.63 Å². The first-order chi connectivity index (χ1) is 10.9. The number of hydrogen-bond acceptors (Lipinski definition) is 3. The first-order valence-corrected chi connectivity index (χ1v) is 7.48. The average molecular weight is 310 g/mol. The predicted molar refractivity (Wildman–Crippen MR) is 94.1 cm³/mol. The van der Waals surface area contributed by atoms with Gasteiger partial charge in [0.1, 0.15) is 7.11 Å². The van der Waals surface area contributed by atoms with Crippen molar-refractivity contribution in [3.8, 4) is 0 Å².